The number of aryl methyl sites for hydroxylation is 1. The molecule has 0 fully saturated rings. The summed E-state index contributed by atoms with van der Waals surface area (Å²) in [5.41, 5.74) is 1.39. The molecule has 0 aliphatic heterocycles. The first-order valence-electron chi connectivity index (χ1n) is 5.24. The van der Waals surface area contributed by atoms with Gasteiger partial charge >= 0.3 is 0 Å². The van der Waals surface area contributed by atoms with Crippen LogP contribution in [0, 0.1) is 24.1 Å². The quantitative estimate of drug-likeness (QED) is 0.800. The number of ether oxygens (including phenoxy) is 1. The molecule has 0 aliphatic rings. The highest BCUT2D eigenvalue weighted by Crippen LogP contribution is 2.28. The van der Waals surface area contributed by atoms with Gasteiger partial charge in [-0.1, -0.05) is 17.7 Å². The van der Waals surface area contributed by atoms with Gasteiger partial charge in [-0.3, -0.25) is 0 Å². The Balaban J connectivity index is 2.36. The Bertz CT molecular complexity index is 634. The Hall–Kier alpha value is -2.05. The number of rotatable bonds is 2. The van der Waals surface area contributed by atoms with Crippen molar-refractivity contribution in [2.24, 2.45) is 0 Å². The average Bonchev–Trinajstić information content (AvgIpc) is 2.34. The Labute approximate surface area is 109 Å². The van der Waals surface area contributed by atoms with Crippen molar-refractivity contribution in [3.05, 3.63) is 58.4 Å². The molecule has 2 rings (SSSR count). The third kappa shape index (κ3) is 2.61. The largest absolute Gasteiger partial charge is 0.456 e. The van der Waals surface area contributed by atoms with Gasteiger partial charge in [-0.05, 0) is 36.8 Å². The van der Waals surface area contributed by atoms with Gasteiger partial charge in [-0.2, -0.15) is 5.26 Å². The molecule has 0 aliphatic carbocycles. The van der Waals surface area contributed by atoms with Crippen LogP contribution in [0.1, 0.15) is 11.1 Å². The minimum Gasteiger partial charge on any atom is -0.456 e. The van der Waals surface area contributed by atoms with Gasteiger partial charge in [0.25, 0.3) is 0 Å². The van der Waals surface area contributed by atoms with Gasteiger partial charge < -0.3 is 4.74 Å². The summed E-state index contributed by atoms with van der Waals surface area (Å²) in [5, 5.41) is 8.95. The third-order valence-corrected chi connectivity index (χ3v) is 2.67. The fourth-order valence-electron chi connectivity index (χ4n) is 1.47. The van der Waals surface area contributed by atoms with Crippen molar-refractivity contribution in [1.29, 1.82) is 5.26 Å². The molecule has 0 spiro atoms. The smallest absolute Gasteiger partial charge is 0.145 e. The van der Waals surface area contributed by atoms with Crippen LogP contribution < -0.4 is 4.74 Å². The van der Waals surface area contributed by atoms with Crippen LogP contribution in [0.25, 0.3) is 0 Å². The highest BCUT2D eigenvalue weighted by atomic mass is 35.5. The van der Waals surface area contributed by atoms with Gasteiger partial charge in [-0.15, -0.1) is 0 Å². The van der Waals surface area contributed by atoms with Crippen LogP contribution >= 0.6 is 11.6 Å². The molecule has 2 aromatic carbocycles. The second-order valence-electron chi connectivity index (χ2n) is 3.79. The SMILES string of the molecule is Cc1ccc(C#N)c(Oc2ccc(F)c(Cl)c2)c1. The summed E-state index contributed by atoms with van der Waals surface area (Å²) in [5.74, 6) is 0.317. The van der Waals surface area contributed by atoms with E-state index in [0.717, 1.165) is 5.56 Å². The molecule has 0 radical (unpaired) electrons. The van der Waals surface area contributed by atoms with Gasteiger partial charge in [0.2, 0.25) is 0 Å². The average molecular weight is 262 g/mol. The highest BCUT2D eigenvalue weighted by molar-refractivity contribution is 6.30. The van der Waals surface area contributed by atoms with E-state index in [-0.39, 0.29) is 5.02 Å². The molecule has 90 valence electrons. The minimum absolute atomic E-state index is 0.0151. The molecule has 0 unspecified atom stereocenters. The van der Waals surface area contributed by atoms with Gasteiger partial charge in [0, 0.05) is 6.07 Å². The maximum Gasteiger partial charge on any atom is 0.145 e. The molecule has 0 aromatic heterocycles. The molecular formula is C14H9ClFNO. The van der Waals surface area contributed by atoms with Crippen molar-refractivity contribution >= 4 is 11.6 Å². The Kier molecular flexibility index (Phi) is 3.50. The summed E-state index contributed by atoms with van der Waals surface area (Å²) in [6, 6.07) is 11.3. The van der Waals surface area contributed by atoms with E-state index in [1.165, 1.54) is 18.2 Å². The Morgan fingerprint density at radius 3 is 2.67 bits per heavy atom. The molecule has 2 aromatic rings. The zero-order valence-corrected chi connectivity index (χ0v) is 10.3. The first-order chi connectivity index (χ1) is 8.60. The van der Waals surface area contributed by atoms with E-state index >= 15 is 0 Å². The van der Waals surface area contributed by atoms with Gasteiger partial charge in [-0.25, -0.2) is 4.39 Å². The van der Waals surface area contributed by atoms with Crippen molar-refractivity contribution in [1.82, 2.24) is 0 Å². The van der Waals surface area contributed by atoms with Crippen LogP contribution in [-0.2, 0) is 0 Å². The molecule has 0 bridgehead atoms. The summed E-state index contributed by atoms with van der Waals surface area (Å²) >= 11 is 5.66. The fourth-order valence-corrected chi connectivity index (χ4v) is 1.64. The van der Waals surface area contributed by atoms with Crippen molar-refractivity contribution in [2.75, 3.05) is 0 Å². The van der Waals surface area contributed by atoms with Crippen molar-refractivity contribution in [2.45, 2.75) is 6.92 Å². The molecule has 0 amide bonds. The van der Waals surface area contributed by atoms with E-state index in [1.807, 2.05) is 19.1 Å². The maximum absolute atomic E-state index is 13.0. The summed E-state index contributed by atoms with van der Waals surface area (Å²) in [4.78, 5) is 0. The Morgan fingerprint density at radius 2 is 2.00 bits per heavy atom. The molecule has 18 heavy (non-hydrogen) atoms. The highest BCUT2D eigenvalue weighted by Gasteiger charge is 2.07. The predicted octanol–water partition coefficient (Wildman–Crippen LogP) is 4.45. The van der Waals surface area contributed by atoms with Crippen LogP contribution in [0.3, 0.4) is 0 Å². The van der Waals surface area contributed by atoms with Gasteiger partial charge in [0.1, 0.15) is 23.4 Å². The molecule has 4 heteroatoms. The van der Waals surface area contributed by atoms with E-state index in [2.05, 4.69) is 0 Å². The van der Waals surface area contributed by atoms with Crippen LogP contribution in [0.15, 0.2) is 36.4 Å². The van der Waals surface area contributed by atoms with Crippen LogP contribution in [0.5, 0.6) is 11.5 Å². The molecule has 0 saturated carbocycles. The molecule has 0 N–H and O–H groups in total. The lowest BCUT2D eigenvalue weighted by Gasteiger charge is -2.08. The number of benzene rings is 2. The first kappa shape index (κ1) is 12.4. The van der Waals surface area contributed by atoms with E-state index in [0.29, 0.717) is 17.1 Å². The topological polar surface area (TPSA) is 33.0 Å². The van der Waals surface area contributed by atoms with Crippen LogP contribution in [-0.4, -0.2) is 0 Å². The monoisotopic (exact) mass is 261 g/mol. The van der Waals surface area contributed by atoms with Gasteiger partial charge in [0.05, 0.1) is 10.6 Å². The first-order valence-corrected chi connectivity index (χ1v) is 5.61. The van der Waals surface area contributed by atoms with E-state index in [1.54, 1.807) is 12.1 Å². The lowest BCUT2D eigenvalue weighted by Crippen LogP contribution is -1.90. The van der Waals surface area contributed by atoms with Gasteiger partial charge in [0.15, 0.2) is 0 Å². The summed E-state index contributed by atoms with van der Waals surface area (Å²) in [7, 11) is 0. The molecule has 0 atom stereocenters. The standard InChI is InChI=1S/C14H9ClFNO/c1-9-2-3-10(8-17)14(6-9)18-11-4-5-13(16)12(15)7-11/h2-7H,1H3. The third-order valence-electron chi connectivity index (χ3n) is 2.38. The summed E-state index contributed by atoms with van der Waals surface area (Å²) < 4.78 is 18.6. The number of hydrogen-bond donors (Lipinski definition) is 0. The zero-order chi connectivity index (χ0) is 13.1. The summed E-state index contributed by atoms with van der Waals surface area (Å²) in [6.07, 6.45) is 0. The number of nitriles is 1. The van der Waals surface area contributed by atoms with Crippen LogP contribution in [0.4, 0.5) is 4.39 Å². The van der Waals surface area contributed by atoms with Crippen molar-refractivity contribution < 1.29 is 9.13 Å². The lowest BCUT2D eigenvalue weighted by atomic mass is 10.1. The normalized spacial score (nSPS) is 9.89. The minimum atomic E-state index is -0.506. The molecule has 0 heterocycles. The number of hydrogen-bond acceptors (Lipinski definition) is 2. The second kappa shape index (κ2) is 5.07. The van der Waals surface area contributed by atoms with Crippen molar-refractivity contribution in [3.63, 3.8) is 0 Å². The van der Waals surface area contributed by atoms with Crippen molar-refractivity contribution in [3.8, 4) is 17.6 Å². The van der Waals surface area contributed by atoms with E-state index < -0.39 is 5.82 Å². The molecular weight excluding hydrogens is 253 g/mol. The van der Waals surface area contributed by atoms with E-state index in [9.17, 15) is 4.39 Å². The number of halogens is 2. The summed E-state index contributed by atoms with van der Waals surface area (Å²) in [6.45, 7) is 1.89. The number of nitrogens with zero attached hydrogens (tertiary/aromatic N) is 1. The second-order valence-corrected chi connectivity index (χ2v) is 4.20. The maximum atomic E-state index is 13.0. The molecule has 0 saturated heterocycles. The predicted molar refractivity (Wildman–Crippen MR) is 67.4 cm³/mol. The lowest BCUT2D eigenvalue weighted by molar-refractivity contribution is 0.478. The molecule has 2 nitrogen and oxygen atoms in total. The van der Waals surface area contributed by atoms with Crippen LogP contribution in [0.2, 0.25) is 5.02 Å². The Morgan fingerprint density at radius 1 is 1.22 bits per heavy atom. The fraction of sp³-hybridized carbons (Fsp3) is 0.0714. The zero-order valence-electron chi connectivity index (χ0n) is 9.58. The van der Waals surface area contributed by atoms with E-state index in [4.69, 9.17) is 21.6 Å².